The van der Waals surface area contributed by atoms with Crippen LogP contribution in [0.25, 0.3) is 0 Å². The van der Waals surface area contributed by atoms with E-state index in [4.69, 9.17) is 5.84 Å². The van der Waals surface area contributed by atoms with Crippen molar-refractivity contribution in [3.63, 3.8) is 0 Å². The van der Waals surface area contributed by atoms with Gasteiger partial charge in [-0.15, -0.1) is 0 Å². The van der Waals surface area contributed by atoms with Gasteiger partial charge in [0.15, 0.2) is 0 Å². The van der Waals surface area contributed by atoms with E-state index >= 15 is 0 Å². The fraction of sp³-hybridized carbons (Fsp3) is 0.500. The largest absolute Gasteiger partial charge is 0.369 e. The summed E-state index contributed by atoms with van der Waals surface area (Å²) in [6.45, 7) is 4.91. The van der Waals surface area contributed by atoms with E-state index in [2.05, 4.69) is 26.0 Å². The zero-order chi connectivity index (χ0) is 12.7. The molecule has 0 aromatic carbocycles. The quantitative estimate of drug-likeness (QED) is 0.411. The molecular weight excluding hydrogens is 220 g/mol. The van der Waals surface area contributed by atoms with Crippen LogP contribution in [0.3, 0.4) is 0 Å². The van der Waals surface area contributed by atoms with Crippen LogP contribution in [0.5, 0.6) is 0 Å². The molecule has 1 amide bonds. The number of rotatable bonds is 6. The van der Waals surface area contributed by atoms with Gasteiger partial charge in [0.05, 0.1) is 0 Å². The number of hydrogen-bond acceptors (Lipinski definition) is 6. The third-order valence-corrected chi connectivity index (χ3v) is 2.24. The summed E-state index contributed by atoms with van der Waals surface area (Å²) in [4.78, 5) is 19.3. The normalized spacial score (nSPS) is 9.82. The Hall–Kier alpha value is -1.89. The number of nitrogen functional groups attached to an aromatic ring is 1. The first-order chi connectivity index (χ1) is 8.19. The molecule has 0 spiro atoms. The van der Waals surface area contributed by atoms with Gasteiger partial charge in [0.2, 0.25) is 5.91 Å². The Morgan fingerprint density at radius 3 is 2.76 bits per heavy atom. The zero-order valence-electron chi connectivity index (χ0n) is 10.1. The highest BCUT2D eigenvalue weighted by Gasteiger charge is 2.06. The zero-order valence-corrected chi connectivity index (χ0v) is 10.1. The number of carbonyl (C=O) groups excluding carboxylic acids is 1. The highest BCUT2D eigenvalue weighted by atomic mass is 16.1. The number of amides is 1. The number of anilines is 2. The summed E-state index contributed by atoms with van der Waals surface area (Å²) in [5.41, 5.74) is 3.31. The molecule has 0 saturated heterocycles. The van der Waals surface area contributed by atoms with Gasteiger partial charge in [-0.2, -0.15) is 0 Å². The first-order valence-electron chi connectivity index (χ1n) is 5.47. The van der Waals surface area contributed by atoms with Crippen molar-refractivity contribution < 1.29 is 4.79 Å². The number of nitrogens with one attached hydrogen (secondary N) is 3. The fourth-order valence-corrected chi connectivity index (χ4v) is 1.35. The van der Waals surface area contributed by atoms with Gasteiger partial charge in [-0.25, -0.2) is 15.8 Å². The minimum atomic E-state index is 0.0175. The predicted octanol–water partition coefficient (Wildman–Crippen LogP) is 0.00872. The van der Waals surface area contributed by atoms with Gasteiger partial charge >= 0.3 is 0 Å². The van der Waals surface area contributed by atoms with Crippen LogP contribution in [0.2, 0.25) is 0 Å². The number of carbonyl (C=O) groups is 1. The lowest BCUT2D eigenvalue weighted by Gasteiger charge is -2.10. The van der Waals surface area contributed by atoms with Crippen LogP contribution < -0.4 is 21.9 Å². The monoisotopic (exact) mass is 238 g/mol. The summed E-state index contributed by atoms with van der Waals surface area (Å²) in [7, 11) is 0. The van der Waals surface area contributed by atoms with Crippen LogP contribution in [0.15, 0.2) is 6.33 Å². The van der Waals surface area contributed by atoms with Crippen molar-refractivity contribution >= 4 is 17.5 Å². The van der Waals surface area contributed by atoms with Crippen molar-refractivity contribution in [1.82, 2.24) is 15.3 Å². The van der Waals surface area contributed by atoms with Crippen LogP contribution in [0, 0.1) is 6.92 Å². The van der Waals surface area contributed by atoms with Crippen molar-refractivity contribution in [3.05, 3.63) is 11.9 Å². The summed E-state index contributed by atoms with van der Waals surface area (Å²) in [5, 5.41) is 5.79. The van der Waals surface area contributed by atoms with Gasteiger partial charge in [-0.05, 0) is 13.8 Å². The van der Waals surface area contributed by atoms with E-state index in [-0.39, 0.29) is 5.91 Å². The lowest BCUT2D eigenvalue weighted by molar-refractivity contribution is -0.120. The van der Waals surface area contributed by atoms with Gasteiger partial charge in [0, 0.05) is 25.1 Å². The summed E-state index contributed by atoms with van der Waals surface area (Å²) in [6.07, 6.45) is 1.82. The number of hydrogen-bond donors (Lipinski definition) is 4. The van der Waals surface area contributed by atoms with Crippen molar-refractivity contribution in [1.29, 1.82) is 0 Å². The summed E-state index contributed by atoms with van der Waals surface area (Å²) >= 11 is 0. The molecule has 1 heterocycles. The molecule has 0 fully saturated rings. The predicted molar refractivity (Wildman–Crippen MR) is 66.4 cm³/mol. The van der Waals surface area contributed by atoms with Crippen LogP contribution in [0.4, 0.5) is 11.6 Å². The SMILES string of the molecule is CCNC(=O)CCNc1ncnc(NN)c1C. The van der Waals surface area contributed by atoms with Gasteiger partial charge < -0.3 is 16.1 Å². The molecule has 7 heteroatoms. The van der Waals surface area contributed by atoms with Gasteiger partial charge in [-0.3, -0.25) is 4.79 Å². The molecule has 7 nitrogen and oxygen atoms in total. The molecule has 0 radical (unpaired) electrons. The third-order valence-electron chi connectivity index (χ3n) is 2.24. The molecule has 17 heavy (non-hydrogen) atoms. The Bertz CT molecular complexity index is 381. The Balaban J connectivity index is 2.49. The highest BCUT2D eigenvalue weighted by molar-refractivity contribution is 5.76. The molecule has 0 saturated carbocycles. The Kier molecular flexibility index (Phi) is 5.15. The third kappa shape index (κ3) is 3.87. The maximum atomic E-state index is 11.2. The fourth-order valence-electron chi connectivity index (χ4n) is 1.35. The number of aromatic nitrogens is 2. The maximum absolute atomic E-state index is 11.2. The molecule has 0 bridgehead atoms. The number of hydrazine groups is 1. The maximum Gasteiger partial charge on any atom is 0.221 e. The summed E-state index contributed by atoms with van der Waals surface area (Å²) < 4.78 is 0. The Labute approximate surface area is 100 Å². The first-order valence-corrected chi connectivity index (χ1v) is 5.47. The van der Waals surface area contributed by atoms with E-state index in [1.165, 1.54) is 6.33 Å². The molecule has 0 atom stereocenters. The molecule has 0 aliphatic rings. The number of nitrogens with zero attached hydrogens (tertiary/aromatic N) is 2. The van der Waals surface area contributed by atoms with E-state index in [9.17, 15) is 4.79 Å². The Morgan fingerprint density at radius 2 is 2.12 bits per heavy atom. The van der Waals surface area contributed by atoms with Crippen molar-refractivity contribution in [2.45, 2.75) is 20.3 Å². The van der Waals surface area contributed by atoms with Crippen LogP contribution in [-0.2, 0) is 4.79 Å². The minimum Gasteiger partial charge on any atom is -0.369 e. The lowest BCUT2D eigenvalue weighted by atomic mass is 10.3. The lowest BCUT2D eigenvalue weighted by Crippen LogP contribution is -2.25. The van der Waals surface area contributed by atoms with E-state index < -0.39 is 0 Å². The molecule has 1 aromatic rings. The van der Waals surface area contributed by atoms with Crippen molar-refractivity contribution in [2.75, 3.05) is 23.8 Å². The second-order valence-corrected chi connectivity index (χ2v) is 3.47. The van der Waals surface area contributed by atoms with E-state index in [1.807, 2.05) is 13.8 Å². The summed E-state index contributed by atoms with van der Waals surface area (Å²) in [6, 6.07) is 0. The second kappa shape index (κ2) is 6.64. The Morgan fingerprint density at radius 1 is 1.41 bits per heavy atom. The molecule has 0 unspecified atom stereocenters. The molecule has 0 aliphatic carbocycles. The van der Waals surface area contributed by atoms with Crippen molar-refractivity contribution in [2.24, 2.45) is 5.84 Å². The molecule has 0 aliphatic heterocycles. The standard InChI is InChI=1S/C10H18N6O/c1-3-12-8(17)4-5-13-9-7(2)10(16-11)15-6-14-9/h6H,3-5,11H2,1-2H3,(H,12,17)(H2,13,14,15,16). The van der Waals surface area contributed by atoms with Crippen molar-refractivity contribution in [3.8, 4) is 0 Å². The van der Waals surface area contributed by atoms with E-state index in [0.29, 0.717) is 31.1 Å². The average Bonchev–Trinajstić information content (AvgIpc) is 2.32. The first kappa shape index (κ1) is 13.2. The van der Waals surface area contributed by atoms with E-state index in [0.717, 1.165) is 5.56 Å². The van der Waals surface area contributed by atoms with E-state index in [1.54, 1.807) is 0 Å². The van der Waals surface area contributed by atoms with Crippen LogP contribution in [-0.4, -0.2) is 29.0 Å². The molecule has 1 rings (SSSR count). The second-order valence-electron chi connectivity index (χ2n) is 3.47. The highest BCUT2D eigenvalue weighted by Crippen LogP contribution is 2.16. The van der Waals surface area contributed by atoms with Gasteiger partial charge in [0.1, 0.15) is 18.0 Å². The van der Waals surface area contributed by atoms with Crippen LogP contribution >= 0.6 is 0 Å². The van der Waals surface area contributed by atoms with Gasteiger partial charge in [0.25, 0.3) is 0 Å². The molecule has 1 aromatic heterocycles. The smallest absolute Gasteiger partial charge is 0.221 e. The van der Waals surface area contributed by atoms with Crippen LogP contribution in [0.1, 0.15) is 18.9 Å². The average molecular weight is 238 g/mol. The topological polar surface area (TPSA) is 105 Å². The number of nitrogens with two attached hydrogens (primary N) is 1. The van der Waals surface area contributed by atoms with Gasteiger partial charge in [-0.1, -0.05) is 0 Å². The molecule has 94 valence electrons. The molecular formula is C10H18N6O. The summed E-state index contributed by atoms with van der Waals surface area (Å²) in [5.74, 6) is 6.57. The minimum absolute atomic E-state index is 0.0175. The molecule has 5 N–H and O–H groups in total.